The molecule has 106 valence electrons. The molecule has 1 aromatic carbocycles. The molecule has 0 fully saturated rings. The monoisotopic (exact) mass is 362 g/mol. The summed E-state index contributed by atoms with van der Waals surface area (Å²) in [7, 11) is -4.09. The molecule has 20 heavy (non-hydrogen) atoms. The first-order chi connectivity index (χ1) is 9.29. The van der Waals surface area contributed by atoms with Crippen molar-refractivity contribution in [1.29, 1.82) is 0 Å². The van der Waals surface area contributed by atoms with Crippen LogP contribution in [0.1, 0.15) is 10.4 Å². The Morgan fingerprint density at radius 3 is 2.60 bits per heavy atom. The van der Waals surface area contributed by atoms with Crippen molar-refractivity contribution in [2.75, 3.05) is 5.32 Å². The van der Waals surface area contributed by atoms with Gasteiger partial charge in [0.1, 0.15) is 10.7 Å². The molecule has 3 N–H and O–H groups in total. The largest absolute Gasteiger partial charge is 0.457 e. The van der Waals surface area contributed by atoms with Gasteiger partial charge in [-0.15, -0.1) is 0 Å². The van der Waals surface area contributed by atoms with E-state index in [0.717, 1.165) is 18.2 Å². The number of carbonyl (C=O) groups excluding carboxylic acids is 1. The molecule has 2 rings (SSSR count). The zero-order chi connectivity index (χ0) is 14.9. The number of anilines is 1. The second-order valence-electron chi connectivity index (χ2n) is 3.75. The third-order valence-corrected chi connectivity index (χ3v) is 3.94. The predicted octanol–water partition coefficient (Wildman–Crippen LogP) is 2.08. The second kappa shape index (κ2) is 5.35. The maximum atomic E-state index is 13.2. The first kappa shape index (κ1) is 14.7. The fourth-order valence-corrected chi connectivity index (χ4v) is 2.59. The van der Waals surface area contributed by atoms with E-state index in [1.165, 1.54) is 12.3 Å². The van der Waals surface area contributed by atoms with Gasteiger partial charge < -0.3 is 9.73 Å². The average Bonchev–Trinajstić information content (AvgIpc) is 2.73. The third kappa shape index (κ3) is 3.06. The number of rotatable bonds is 3. The molecule has 6 nitrogen and oxygen atoms in total. The van der Waals surface area contributed by atoms with Crippen LogP contribution in [0.25, 0.3) is 0 Å². The normalized spacial score (nSPS) is 11.3. The molecule has 0 spiro atoms. The molecule has 1 heterocycles. The van der Waals surface area contributed by atoms with Crippen LogP contribution in [0, 0.1) is 5.82 Å². The van der Waals surface area contributed by atoms with Crippen LogP contribution in [0.3, 0.4) is 0 Å². The van der Waals surface area contributed by atoms with E-state index in [1.807, 2.05) is 0 Å². The van der Waals surface area contributed by atoms with Gasteiger partial charge in [-0.2, -0.15) is 0 Å². The molecule has 1 amide bonds. The van der Waals surface area contributed by atoms with Gasteiger partial charge in [-0.25, -0.2) is 17.9 Å². The quantitative estimate of drug-likeness (QED) is 0.872. The lowest BCUT2D eigenvalue weighted by Gasteiger charge is -2.09. The van der Waals surface area contributed by atoms with Crippen LogP contribution in [-0.2, 0) is 10.0 Å². The van der Waals surface area contributed by atoms with Crippen LogP contribution in [0.5, 0.6) is 0 Å². The van der Waals surface area contributed by atoms with E-state index in [-0.39, 0.29) is 20.8 Å². The fourth-order valence-electron chi connectivity index (χ4n) is 1.49. The number of benzene rings is 1. The Balaban J connectivity index is 2.41. The fraction of sp³-hybridized carbons (Fsp3) is 0. The van der Waals surface area contributed by atoms with Gasteiger partial charge in [0.15, 0.2) is 4.67 Å². The Kier molecular flexibility index (Phi) is 3.93. The van der Waals surface area contributed by atoms with Crippen molar-refractivity contribution >= 4 is 37.5 Å². The molecule has 0 aliphatic rings. The maximum Gasteiger partial charge on any atom is 0.260 e. The van der Waals surface area contributed by atoms with Crippen molar-refractivity contribution in [3.8, 4) is 0 Å². The lowest BCUT2D eigenvalue weighted by Crippen LogP contribution is -2.18. The molecule has 0 saturated heterocycles. The molecule has 0 aliphatic heterocycles. The minimum atomic E-state index is -4.09. The predicted molar refractivity (Wildman–Crippen MR) is 72.1 cm³/mol. The van der Waals surface area contributed by atoms with Crippen molar-refractivity contribution < 1.29 is 22.0 Å². The van der Waals surface area contributed by atoms with E-state index in [0.29, 0.717) is 0 Å². The zero-order valence-corrected chi connectivity index (χ0v) is 12.2. The highest BCUT2D eigenvalue weighted by Gasteiger charge is 2.19. The summed E-state index contributed by atoms with van der Waals surface area (Å²) in [5, 5.41) is 7.28. The van der Waals surface area contributed by atoms with Gasteiger partial charge in [-0.3, -0.25) is 4.79 Å². The Bertz CT molecular complexity index is 772. The number of sulfonamides is 1. The van der Waals surface area contributed by atoms with Crippen LogP contribution >= 0.6 is 15.9 Å². The number of carbonyl (C=O) groups is 1. The van der Waals surface area contributed by atoms with Gasteiger partial charge in [0.25, 0.3) is 5.91 Å². The number of furan rings is 1. The van der Waals surface area contributed by atoms with E-state index in [4.69, 9.17) is 9.56 Å². The van der Waals surface area contributed by atoms with Gasteiger partial charge in [0.05, 0.1) is 17.5 Å². The smallest absolute Gasteiger partial charge is 0.260 e. The van der Waals surface area contributed by atoms with Crippen LogP contribution in [0.2, 0.25) is 0 Å². The Labute approximate surface area is 121 Å². The van der Waals surface area contributed by atoms with Crippen LogP contribution < -0.4 is 10.5 Å². The van der Waals surface area contributed by atoms with Crippen molar-refractivity contribution in [2.24, 2.45) is 5.14 Å². The Morgan fingerprint density at radius 2 is 2.05 bits per heavy atom. The molecule has 0 unspecified atom stereocenters. The van der Waals surface area contributed by atoms with Crippen LogP contribution in [-0.4, -0.2) is 14.3 Å². The highest BCUT2D eigenvalue weighted by Crippen LogP contribution is 2.24. The maximum absolute atomic E-state index is 13.2. The third-order valence-electron chi connectivity index (χ3n) is 2.36. The summed E-state index contributed by atoms with van der Waals surface area (Å²) < 4.78 is 41.0. The molecule has 2 aromatic rings. The first-order valence-electron chi connectivity index (χ1n) is 5.16. The molecule has 0 bridgehead atoms. The van der Waals surface area contributed by atoms with E-state index in [9.17, 15) is 17.6 Å². The summed E-state index contributed by atoms with van der Waals surface area (Å²) in [6.45, 7) is 0. The summed E-state index contributed by atoms with van der Waals surface area (Å²) in [6, 6.07) is 4.15. The Morgan fingerprint density at radius 1 is 1.35 bits per heavy atom. The van der Waals surface area contributed by atoms with Gasteiger partial charge in [-0.05, 0) is 40.2 Å². The van der Waals surface area contributed by atoms with E-state index in [2.05, 4.69) is 21.2 Å². The summed E-state index contributed by atoms with van der Waals surface area (Å²) in [4.78, 5) is 11.5. The molecular weight excluding hydrogens is 355 g/mol. The van der Waals surface area contributed by atoms with E-state index >= 15 is 0 Å². The second-order valence-corrected chi connectivity index (χ2v) is 6.00. The SMILES string of the molecule is NS(=O)(=O)c1ccc(F)cc1NC(=O)c1ccoc1Br. The van der Waals surface area contributed by atoms with Crippen molar-refractivity contribution in [3.63, 3.8) is 0 Å². The topological polar surface area (TPSA) is 102 Å². The molecule has 0 radical (unpaired) electrons. The summed E-state index contributed by atoms with van der Waals surface area (Å²) in [5.74, 6) is -1.37. The highest BCUT2D eigenvalue weighted by molar-refractivity contribution is 9.10. The molecule has 9 heteroatoms. The molecule has 0 atom stereocenters. The molecule has 0 saturated carbocycles. The van der Waals surface area contributed by atoms with Gasteiger partial charge in [0.2, 0.25) is 10.0 Å². The standard InChI is InChI=1S/C11H8BrFN2O4S/c12-10-7(3-4-19-10)11(16)15-8-5-6(13)1-2-9(8)20(14,17)18/h1-5H,(H,15,16)(H2,14,17,18). The van der Waals surface area contributed by atoms with Gasteiger partial charge in [0, 0.05) is 0 Å². The zero-order valence-electron chi connectivity index (χ0n) is 9.76. The molecule has 0 aliphatic carbocycles. The van der Waals surface area contributed by atoms with Crippen LogP contribution in [0.15, 0.2) is 44.5 Å². The summed E-state index contributed by atoms with van der Waals surface area (Å²) in [6.07, 6.45) is 1.27. The minimum Gasteiger partial charge on any atom is -0.457 e. The van der Waals surface area contributed by atoms with Crippen molar-refractivity contribution in [1.82, 2.24) is 0 Å². The number of hydrogen-bond acceptors (Lipinski definition) is 4. The Hall–Kier alpha value is -1.71. The number of amides is 1. The first-order valence-corrected chi connectivity index (χ1v) is 7.49. The number of nitrogens with one attached hydrogen (secondary N) is 1. The number of primary sulfonamides is 1. The van der Waals surface area contributed by atoms with E-state index in [1.54, 1.807) is 0 Å². The summed E-state index contributed by atoms with van der Waals surface area (Å²) in [5.41, 5.74) is -0.111. The molecular formula is C11H8BrFN2O4S. The lowest BCUT2D eigenvalue weighted by atomic mass is 10.2. The lowest BCUT2D eigenvalue weighted by molar-refractivity contribution is 0.102. The van der Waals surface area contributed by atoms with Gasteiger partial charge in [-0.1, -0.05) is 0 Å². The van der Waals surface area contributed by atoms with E-state index < -0.39 is 21.7 Å². The van der Waals surface area contributed by atoms with Crippen molar-refractivity contribution in [2.45, 2.75) is 4.90 Å². The van der Waals surface area contributed by atoms with Gasteiger partial charge >= 0.3 is 0 Å². The number of nitrogens with two attached hydrogens (primary N) is 1. The van der Waals surface area contributed by atoms with Crippen LogP contribution in [0.4, 0.5) is 10.1 Å². The summed E-state index contributed by atoms with van der Waals surface area (Å²) >= 11 is 3.01. The number of hydrogen-bond donors (Lipinski definition) is 2. The molecule has 1 aromatic heterocycles. The average molecular weight is 363 g/mol. The highest BCUT2D eigenvalue weighted by atomic mass is 79.9. The minimum absolute atomic E-state index is 0.134. The number of halogens is 2. The van der Waals surface area contributed by atoms with Crippen molar-refractivity contribution in [3.05, 3.63) is 46.6 Å².